The molecule has 0 spiro atoms. The molecule has 1 aromatic carbocycles. The van der Waals surface area contributed by atoms with Crippen LogP contribution in [0.5, 0.6) is 0 Å². The second-order valence-electron chi connectivity index (χ2n) is 4.12. The molecule has 0 bridgehead atoms. The van der Waals surface area contributed by atoms with Gasteiger partial charge in [-0.25, -0.2) is 4.39 Å². The van der Waals surface area contributed by atoms with E-state index >= 15 is 0 Å². The second-order valence-corrected chi connectivity index (χ2v) is 4.12. The Kier molecular flexibility index (Phi) is 3.58. The van der Waals surface area contributed by atoms with Gasteiger partial charge in [-0.05, 0) is 12.1 Å². The zero-order valence-electron chi connectivity index (χ0n) is 10.0. The highest BCUT2D eigenvalue weighted by atomic mass is 19.1. The van der Waals surface area contributed by atoms with Gasteiger partial charge >= 0.3 is 0 Å². The first-order valence-electron chi connectivity index (χ1n) is 5.81. The first-order valence-corrected chi connectivity index (χ1v) is 5.81. The molecule has 0 saturated carbocycles. The number of halogens is 1. The summed E-state index contributed by atoms with van der Waals surface area (Å²) in [6.45, 7) is 2.70. The van der Waals surface area contributed by atoms with Crippen LogP contribution in [-0.2, 0) is 15.3 Å². The molecule has 1 aromatic rings. The number of hydrogen-bond donors (Lipinski definition) is 0. The zero-order chi connectivity index (χ0) is 13.2. The molecule has 6 heteroatoms. The van der Waals surface area contributed by atoms with Gasteiger partial charge in [0.1, 0.15) is 5.82 Å². The van der Waals surface area contributed by atoms with Crippen LogP contribution in [0, 0.1) is 15.9 Å². The van der Waals surface area contributed by atoms with E-state index in [4.69, 9.17) is 9.47 Å². The van der Waals surface area contributed by atoms with Gasteiger partial charge in [0, 0.05) is 6.42 Å². The molecule has 1 aliphatic rings. The summed E-state index contributed by atoms with van der Waals surface area (Å²) in [5.41, 5.74) is -0.0152. The summed E-state index contributed by atoms with van der Waals surface area (Å²) < 4.78 is 24.2. The Morgan fingerprint density at radius 1 is 1.44 bits per heavy atom. The predicted molar refractivity (Wildman–Crippen MR) is 61.5 cm³/mol. The first kappa shape index (κ1) is 12.9. The minimum Gasteiger partial charge on any atom is -0.343 e. The molecule has 0 radical (unpaired) electrons. The van der Waals surface area contributed by atoms with Gasteiger partial charge in [-0.3, -0.25) is 10.1 Å². The molecule has 0 aliphatic carbocycles. The van der Waals surface area contributed by atoms with E-state index in [1.54, 1.807) is 0 Å². The first-order chi connectivity index (χ1) is 8.59. The van der Waals surface area contributed by atoms with Crippen molar-refractivity contribution in [2.45, 2.75) is 25.6 Å². The Hall–Kier alpha value is -1.53. The van der Waals surface area contributed by atoms with E-state index in [1.165, 1.54) is 12.1 Å². The van der Waals surface area contributed by atoms with E-state index in [9.17, 15) is 14.5 Å². The third kappa shape index (κ3) is 2.21. The molecule has 18 heavy (non-hydrogen) atoms. The van der Waals surface area contributed by atoms with Crippen molar-refractivity contribution in [2.24, 2.45) is 0 Å². The minimum atomic E-state index is -1.11. The maximum Gasteiger partial charge on any atom is 0.280 e. The maximum absolute atomic E-state index is 13.1. The number of nitro benzene ring substituents is 1. The van der Waals surface area contributed by atoms with E-state index in [0.717, 1.165) is 12.5 Å². The Bertz CT molecular complexity index is 457. The van der Waals surface area contributed by atoms with Crippen molar-refractivity contribution in [1.29, 1.82) is 0 Å². The summed E-state index contributed by atoms with van der Waals surface area (Å²) in [6.07, 6.45) is 1.24. The van der Waals surface area contributed by atoms with Crippen LogP contribution in [-0.4, -0.2) is 18.1 Å². The third-order valence-corrected chi connectivity index (χ3v) is 2.90. The van der Waals surface area contributed by atoms with Gasteiger partial charge in [0.25, 0.3) is 5.69 Å². The second kappa shape index (κ2) is 4.99. The number of rotatable bonds is 4. The lowest BCUT2D eigenvalue weighted by Gasteiger charge is -2.27. The average molecular weight is 255 g/mol. The van der Waals surface area contributed by atoms with Crippen molar-refractivity contribution in [3.8, 4) is 0 Å². The Morgan fingerprint density at radius 2 is 2.11 bits per heavy atom. The van der Waals surface area contributed by atoms with Gasteiger partial charge < -0.3 is 9.47 Å². The van der Waals surface area contributed by atoms with Gasteiger partial charge in [0.2, 0.25) is 5.79 Å². The van der Waals surface area contributed by atoms with Crippen molar-refractivity contribution in [3.05, 3.63) is 39.7 Å². The highest BCUT2D eigenvalue weighted by molar-refractivity contribution is 5.43. The van der Waals surface area contributed by atoms with Crippen molar-refractivity contribution in [3.63, 3.8) is 0 Å². The Balaban J connectivity index is 2.50. The highest BCUT2D eigenvalue weighted by Gasteiger charge is 2.42. The number of nitro groups is 1. The third-order valence-electron chi connectivity index (χ3n) is 2.90. The fourth-order valence-electron chi connectivity index (χ4n) is 2.20. The van der Waals surface area contributed by atoms with Crippen LogP contribution >= 0.6 is 0 Å². The summed E-state index contributed by atoms with van der Waals surface area (Å²) in [5.74, 6) is -1.75. The SMILES string of the molecule is CCCC1(c2ccc(F)cc2[N+](=O)[O-])OCCO1. The molecule has 0 amide bonds. The summed E-state index contributed by atoms with van der Waals surface area (Å²) in [4.78, 5) is 10.4. The lowest BCUT2D eigenvalue weighted by atomic mass is 9.99. The van der Waals surface area contributed by atoms with Gasteiger partial charge in [0.15, 0.2) is 0 Å². The molecule has 0 N–H and O–H groups in total. The van der Waals surface area contributed by atoms with Crippen molar-refractivity contribution < 1.29 is 18.8 Å². The van der Waals surface area contributed by atoms with Crippen LogP contribution in [0.1, 0.15) is 25.3 Å². The molecule has 5 nitrogen and oxygen atoms in total. The van der Waals surface area contributed by atoms with E-state index in [-0.39, 0.29) is 11.3 Å². The van der Waals surface area contributed by atoms with E-state index in [2.05, 4.69) is 0 Å². The molecule has 98 valence electrons. The van der Waals surface area contributed by atoms with Gasteiger partial charge in [0.05, 0.1) is 29.8 Å². The van der Waals surface area contributed by atoms with E-state index < -0.39 is 16.5 Å². The summed E-state index contributed by atoms with van der Waals surface area (Å²) in [5, 5.41) is 11.0. The number of benzene rings is 1. The quantitative estimate of drug-likeness (QED) is 0.613. The smallest absolute Gasteiger partial charge is 0.280 e. The van der Waals surface area contributed by atoms with Crippen LogP contribution in [0.25, 0.3) is 0 Å². The van der Waals surface area contributed by atoms with Gasteiger partial charge in [-0.15, -0.1) is 0 Å². The van der Waals surface area contributed by atoms with Crippen molar-refractivity contribution in [2.75, 3.05) is 13.2 Å². The van der Waals surface area contributed by atoms with Crippen LogP contribution in [0.4, 0.5) is 10.1 Å². The zero-order valence-corrected chi connectivity index (χ0v) is 10.0. The van der Waals surface area contributed by atoms with Crippen LogP contribution in [0.15, 0.2) is 18.2 Å². The lowest BCUT2D eigenvalue weighted by Crippen LogP contribution is -2.28. The van der Waals surface area contributed by atoms with Crippen molar-refractivity contribution in [1.82, 2.24) is 0 Å². The normalized spacial score (nSPS) is 17.9. The molecule has 2 rings (SSSR count). The van der Waals surface area contributed by atoms with Gasteiger partial charge in [-0.1, -0.05) is 13.3 Å². The largest absolute Gasteiger partial charge is 0.343 e. The fraction of sp³-hybridized carbons (Fsp3) is 0.500. The maximum atomic E-state index is 13.1. The molecule has 1 heterocycles. The number of nitrogens with zero attached hydrogens (tertiary/aromatic N) is 1. The molecule has 0 unspecified atom stereocenters. The summed E-state index contributed by atoms with van der Waals surface area (Å²) >= 11 is 0. The number of ether oxygens (including phenoxy) is 2. The molecule has 1 fully saturated rings. The molecule has 1 aliphatic heterocycles. The summed E-state index contributed by atoms with van der Waals surface area (Å²) in [6, 6.07) is 3.46. The Morgan fingerprint density at radius 3 is 2.67 bits per heavy atom. The van der Waals surface area contributed by atoms with E-state index in [0.29, 0.717) is 19.6 Å². The molecular weight excluding hydrogens is 241 g/mol. The summed E-state index contributed by atoms with van der Waals surface area (Å²) in [7, 11) is 0. The van der Waals surface area contributed by atoms with Crippen LogP contribution < -0.4 is 0 Å². The predicted octanol–water partition coefficient (Wildman–Crippen LogP) is 2.73. The average Bonchev–Trinajstić information content (AvgIpc) is 2.79. The topological polar surface area (TPSA) is 61.6 Å². The molecule has 1 saturated heterocycles. The number of hydrogen-bond acceptors (Lipinski definition) is 4. The fourth-order valence-corrected chi connectivity index (χ4v) is 2.20. The monoisotopic (exact) mass is 255 g/mol. The lowest BCUT2D eigenvalue weighted by molar-refractivity contribution is -0.388. The molecule has 0 atom stereocenters. The van der Waals surface area contributed by atoms with Crippen LogP contribution in [0.3, 0.4) is 0 Å². The highest BCUT2D eigenvalue weighted by Crippen LogP contribution is 2.40. The molecular formula is C12H14FNO4. The van der Waals surface area contributed by atoms with E-state index in [1.807, 2.05) is 6.92 Å². The van der Waals surface area contributed by atoms with Crippen LogP contribution in [0.2, 0.25) is 0 Å². The van der Waals surface area contributed by atoms with Gasteiger partial charge in [-0.2, -0.15) is 0 Å². The Labute approximate surface area is 104 Å². The van der Waals surface area contributed by atoms with Crippen molar-refractivity contribution >= 4 is 5.69 Å². The standard InChI is InChI=1S/C12H14FNO4/c1-2-5-12(17-6-7-18-12)10-4-3-9(13)8-11(10)14(15)16/h3-4,8H,2,5-7H2,1H3. The molecule has 0 aromatic heterocycles. The minimum absolute atomic E-state index is 0.285.